The van der Waals surface area contributed by atoms with Crippen LogP contribution in [-0.4, -0.2) is 54.3 Å². The van der Waals surface area contributed by atoms with Crippen molar-refractivity contribution in [2.24, 2.45) is 0 Å². The van der Waals surface area contributed by atoms with E-state index in [1.807, 2.05) is 0 Å². The first kappa shape index (κ1) is 59.0. The molecule has 356 valence electrons. The standard InChI is InChI=1S/C51H94NO8P/c1-3-5-7-9-11-13-15-17-19-21-23-24-26-27-29-31-33-35-37-39-41-43-50(54)52-45-46-59-61(56,57)60-48-49(53)47-58-51(55)44-42-40-38-36-34-32-30-28-25-22-20-18-16-14-12-10-8-6-4-2/h12,14,17-20,25,28,49,53H,3-11,13,15-16,21-24,26-27,29-48H2,1-2H3,(H,52,54)(H,56,57)/b14-12-,19-17+,20-18-,28-25-. The molecule has 0 aliphatic rings. The molecule has 0 aliphatic carbocycles. The fourth-order valence-electron chi connectivity index (χ4n) is 6.91. The highest BCUT2D eigenvalue weighted by atomic mass is 31.2. The van der Waals surface area contributed by atoms with Crippen LogP contribution in [0.25, 0.3) is 0 Å². The van der Waals surface area contributed by atoms with Gasteiger partial charge in [0, 0.05) is 19.4 Å². The Labute approximate surface area is 375 Å². The van der Waals surface area contributed by atoms with E-state index in [0.29, 0.717) is 6.42 Å². The maximum atomic E-state index is 12.1. The predicted octanol–water partition coefficient (Wildman–Crippen LogP) is 14.7. The van der Waals surface area contributed by atoms with Crippen LogP contribution in [0.2, 0.25) is 0 Å². The molecule has 0 saturated heterocycles. The quantitative estimate of drug-likeness (QED) is 0.0238. The highest BCUT2D eigenvalue weighted by molar-refractivity contribution is 7.47. The number of aliphatic hydroxyl groups is 1. The SMILES string of the molecule is CCCCC/C=C\C/C=C\C/C=C\CCCCCCCCC(=O)OCC(O)COP(=O)(O)OCCNC(=O)CCCCCCCCCCCCC/C=C/CCCCCCCC. The molecule has 0 aliphatic heterocycles. The number of ether oxygens (including phenoxy) is 1. The molecular weight excluding hydrogens is 786 g/mol. The number of nitrogens with one attached hydrogen (secondary N) is 1. The Morgan fingerprint density at radius 3 is 1.38 bits per heavy atom. The zero-order valence-electron chi connectivity index (χ0n) is 39.4. The van der Waals surface area contributed by atoms with Crippen molar-refractivity contribution in [3.05, 3.63) is 48.6 Å². The average molecular weight is 880 g/mol. The van der Waals surface area contributed by atoms with Crippen LogP contribution in [0.3, 0.4) is 0 Å². The minimum absolute atomic E-state index is 0.0795. The normalized spacial score (nSPS) is 13.6. The molecule has 61 heavy (non-hydrogen) atoms. The van der Waals surface area contributed by atoms with Gasteiger partial charge in [-0.15, -0.1) is 0 Å². The van der Waals surface area contributed by atoms with Crippen LogP contribution in [0, 0.1) is 0 Å². The van der Waals surface area contributed by atoms with Crippen LogP contribution in [0.15, 0.2) is 48.6 Å². The Kier molecular flexibility index (Phi) is 45.9. The Hall–Kier alpha value is -2.03. The van der Waals surface area contributed by atoms with Gasteiger partial charge in [0.1, 0.15) is 12.7 Å². The molecule has 0 aromatic heterocycles. The molecule has 0 aromatic carbocycles. The molecule has 3 N–H and O–H groups in total. The number of aliphatic hydroxyl groups excluding tert-OH is 1. The summed E-state index contributed by atoms with van der Waals surface area (Å²) in [5.74, 6) is -0.526. The van der Waals surface area contributed by atoms with Gasteiger partial charge >= 0.3 is 13.8 Å². The van der Waals surface area contributed by atoms with Crippen molar-refractivity contribution in [1.29, 1.82) is 0 Å². The number of hydrogen-bond acceptors (Lipinski definition) is 7. The molecule has 0 fully saturated rings. The van der Waals surface area contributed by atoms with Crippen molar-refractivity contribution < 1.29 is 37.9 Å². The lowest BCUT2D eigenvalue weighted by Crippen LogP contribution is -2.27. The molecule has 0 bridgehead atoms. The van der Waals surface area contributed by atoms with E-state index >= 15 is 0 Å². The second-order valence-corrected chi connectivity index (χ2v) is 18.2. The van der Waals surface area contributed by atoms with Gasteiger partial charge in [-0.3, -0.25) is 18.6 Å². The zero-order valence-corrected chi connectivity index (χ0v) is 40.3. The van der Waals surface area contributed by atoms with Gasteiger partial charge in [-0.1, -0.05) is 191 Å². The lowest BCUT2D eigenvalue weighted by Gasteiger charge is -2.15. The summed E-state index contributed by atoms with van der Waals surface area (Å²) in [6, 6.07) is 0. The second-order valence-electron chi connectivity index (χ2n) is 16.8. The van der Waals surface area contributed by atoms with Crippen molar-refractivity contribution in [3.8, 4) is 0 Å². The van der Waals surface area contributed by atoms with Crippen molar-refractivity contribution in [1.82, 2.24) is 5.32 Å². The molecule has 1 amide bonds. The van der Waals surface area contributed by atoms with E-state index in [1.54, 1.807) is 0 Å². The number of rotatable bonds is 47. The van der Waals surface area contributed by atoms with Crippen LogP contribution >= 0.6 is 7.82 Å². The molecule has 0 spiro atoms. The fourth-order valence-corrected chi connectivity index (χ4v) is 7.67. The van der Waals surface area contributed by atoms with E-state index in [-0.39, 0.29) is 32.1 Å². The van der Waals surface area contributed by atoms with Crippen LogP contribution < -0.4 is 5.32 Å². The molecule has 0 radical (unpaired) electrons. The van der Waals surface area contributed by atoms with Gasteiger partial charge in [0.25, 0.3) is 0 Å². The summed E-state index contributed by atoms with van der Waals surface area (Å²) in [6.07, 6.45) is 56.1. The largest absolute Gasteiger partial charge is 0.472 e. The third-order valence-electron chi connectivity index (χ3n) is 10.7. The molecule has 0 heterocycles. The Bertz CT molecular complexity index is 1140. The Morgan fingerprint density at radius 1 is 0.508 bits per heavy atom. The molecule has 9 nitrogen and oxygen atoms in total. The van der Waals surface area contributed by atoms with Crippen LogP contribution in [0.4, 0.5) is 0 Å². The lowest BCUT2D eigenvalue weighted by molar-refractivity contribution is -0.147. The maximum absolute atomic E-state index is 12.1. The fraction of sp³-hybridized carbons (Fsp3) is 0.804. The first-order valence-corrected chi connectivity index (χ1v) is 26.6. The number of phosphoric ester groups is 1. The first-order valence-electron chi connectivity index (χ1n) is 25.1. The van der Waals surface area contributed by atoms with E-state index in [1.165, 1.54) is 141 Å². The minimum atomic E-state index is -4.43. The third kappa shape index (κ3) is 48.9. The van der Waals surface area contributed by atoms with Crippen molar-refractivity contribution in [3.63, 3.8) is 0 Å². The van der Waals surface area contributed by atoms with E-state index < -0.39 is 26.5 Å². The van der Waals surface area contributed by atoms with E-state index in [0.717, 1.165) is 64.2 Å². The lowest BCUT2D eigenvalue weighted by atomic mass is 10.0. The van der Waals surface area contributed by atoms with Gasteiger partial charge in [-0.05, 0) is 77.0 Å². The summed E-state index contributed by atoms with van der Waals surface area (Å²) in [5.41, 5.74) is 0. The molecule has 0 saturated carbocycles. The van der Waals surface area contributed by atoms with Gasteiger partial charge in [0.05, 0.1) is 13.2 Å². The van der Waals surface area contributed by atoms with Gasteiger partial charge in [-0.2, -0.15) is 0 Å². The highest BCUT2D eigenvalue weighted by Gasteiger charge is 2.23. The van der Waals surface area contributed by atoms with E-state index in [9.17, 15) is 24.2 Å². The topological polar surface area (TPSA) is 131 Å². The monoisotopic (exact) mass is 880 g/mol. The average Bonchev–Trinajstić information content (AvgIpc) is 3.25. The van der Waals surface area contributed by atoms with Gasteiger partial charge < -0.3 is 20.1 Å². The van der Waals surface area contributed by atoms with Gasteiger partial charge in [0.2, 0.25) is 5.91 Å². The van der Waals surface area contributed by atoms with Crippen LogP contribution in [0.1, 0.15) is 232 Å². The maximum Gasteiger partial charge on any atom is 0.472 e. The molecule has 2 atom stereocenters. The summed E-state index contributed by atoms with van der Waals surface area (Å²) in [7, 11) is -4.43. The minimum Gasteiger partial charge on any atom is -0.463 e. The summed E-state index contributed by atoms with van der Waals surface area (Å²) < 4.78 is 27.0. The number of allylic oxidation sites excluding steroid dienone is 8. The number of esters is 1. The first-order chi connectivity index (χ1) is 29.8. The van der Waals surface area contributed by atoms with Gasteiger partial charge in [-0.25, -0.2) is 4.57 Å². The predicted molar refractivity (Wildman–Crippen MR) is 257 cm³/mol. The highest BCUT2D eigenvalue weighted by Crippen LogP contribution is 2.42. The molecular formula is C51H94NO8P. The van der Waals surface area contributed by atoms with Crippen molar-refractivity contribution >= 4 is 19.7 Å². The van der Waals surface area contributed by atoms with Gasteiger partial charge in [0.15, 0.2) is 0 Å². The molecule has 0 rings (SSSR count). The molecule has 10 heteroatoms. The summed E-state index contributed by atoms with van der Waals surface area (Å²) in [6.45, 7) is 3.53. The van der Waals surface area contributed by atoms with E-state index in [2.05, 4.69) is 67.8 Å². The molecule has 0 aromatic rings. The summed E-state index contributed by atoms with van der Waals surface area (Å²) in [5, 5.41) is 12.7. The third-order valence-corrected chi connectivity index (χ3v) is 11.7. The summed E-state index contributed by atoms with van der Waals surface area (Å²) >= 11 is 0. The number of hydrogen-bond donors (Lipinski definition) is 3. The Balaban J connectivity index is 3.58. The van der Waals surface area contributed by atoms with Crippen molar-refractivity contribution in [2.75, 3.05) is 26.4 Å². The van der Waals surface area contributed by atoms with Crippen LogP contribution in [0.5, 0.6) is 0 Å². The second kappa shape index (κ2) is 47.4. The molecule has 2 unspecified atom stereocenters. The number of carbonyl (C=O) groups excluding carboxylic acids is 2. The van der Waals surface area contributed by atoms with E-state index in [4.69, 9.17) is 13.8 Å². The Morgan fingerprint density at radius 2 is 0.885 bits per heavy atom. The van der Waals surface area contributed by atoms with Crippen LogP contribution in [-0.2, 0) is 27.9 Å². The number of unbranched alkanes of at least 4 members (excludes halogenated alkanes) is 26. The number of amides is 1. The van der Waals surface area contributed by atoms with Crippen molar-refractivity contribution in [2.45, 2.75) is 238 Å². The zero-order chi connectivity index (χ0) is 44.6. The number of phosphoric acid groups is 1. The smallest absolute Gasteiger partial charge is 0.463 e. The number of carbonyl (C=O) groups is 2. The summed E-state index contributed by atoms with van der Waals surface area (Å²) in [4.78, 5) is 34.0.